The minimum atomic E-state index is -0.111. The zero-order chi connectivity index (χ0) is 12.2. The normalized spacial score (nSPS) is 21.8. The molecule has 3 rings (SSSR count). The average Bonchev–Trinajstić information content (AvgIpc) is 2.53. The van der Waals surface area contributed by atoms with Crippen LogP contribution in [0.1, 0.15) is 34.7 Å². The fraction of sp³-hybridized carbons (Fsp3) is 0.500. The molecule has 0 radical (unpaired) electrons. The second-order valence-electron chi connectivity index (χ2n) is 5.09. The van der Waals surface area contributed by atoms with Crippen molar-refractivity contribution >= 4 is 34.4 Å². The van der Waals surface area contributed by atoms with E-state index in [1.165, 1.54) is 15.3 Å². The van der Waals surface area contributed by atoms with E-state index in [9.17, 15) is 0 Å². The van der Waals surface area contributed by atoms with Gasteiger partial charge in [0.25, 0.3) is 0 Å². The average molecular weight is 266 g/mol. The first kappa shape index (κ1) is 11.3. The van der Waals surface area contributed by atoms with Gasteiger partial charge in [0.15, 0.2) is 0 Å². The lowest BCUT2D eigenvalue weighted by atomic mass is 9.91. The number of thiophene rings is 1. The molecule has 0 saturated heterocycles. The first-order valence-electron chi connectivity index (χ1n) is 5.61. The van der Waals surface area contributed by atoms with Gasteiger partial charge in [-0.15, -0.1) is 11.3 Å². The van der Waals surface area contributed by atoms with Crippen molar-refractivity contribution in [3.05, 3.63) is 20.9 Å². The van der Waals surface area contributed by atoms with Crippen molar-refractivity contribution in [2.45, 2.75) is 38.9 Å². The number of aliphatic imine (C=N–C) groups is 1. The maximum Gasteiger partial charge on any atom is 0.133 e. The molecule has 90 valence electrons. The highest BCUT2D eigenvalue weighted by atomic mass is 32.1. The second kappa shape index (κ2) is 3.60. The quantitative estimate of drug-likeness (QED) is 0.732. The molecule has 0 unspecified atom stereocenters. The van der Waals surface area contributed by atoms with E-state index in [0.29, 0.717) is 17.4 Å². The highest BCUT2D eigenvalue weighted by Crippen LogP contribution is 2.38. The number of rotatable bonds is 0. The SMILES string of the molecule is CC1(C)Cc2c(sc3c2C(N)=NC(=S)C3)CO1. The third kappa shape index (κ3) is 1.82. The topological polar surface area (TPSA) is 47.6 Å². The number of amidine groups is 1. The van der Waals surface area contributed by atoms with Gasteiger partial charge in [-0.1, -0.05) is 12.2 Å². The van der Waals surface area contributed by atoms with Crippen molar-refractivity contribution in [1.82, 2.24) is 0 Å². The molecule has 0 spiro atoms. The fourth-order valence-electron chi connectivity index (χ4n) is 2.40. The molecule has 0 fully saturated rings. The van der Waals surface area contributed by atoms with Crippen molar-refractivity contribution in [1.29, 1.82) is 0 Å². The predicted molar refractivity (Wildman–Crippen MR) is 73.9 cm³/mol. The Bertz CT molecular complexity index is 543. The monoisotopic (exact) mass is 266 g/mol. The summed E-state index contributed by atoms with van der Waals surface area (Å²) in [5, 5.41) is 0. The summed E-state index contributed by atoms with van der Waals surface area (Å²) in [5.41, 5.74) is 8.37. The third-order valence-electron chi connectivity index (χ3n) is 3.17. The molecule has 0 aliphatic carbocycles. The minimum absolute atomic E-state index is 0.111. The first-order chi connectivity index (χ1) is 7.96. The van der Waals surface area contributed by atoms with Crippen molar-refractivity contribution in [3.63, 3.8) is 0 Å². The van der Waals surface area contributed by atoms with E-state index in [4.69, 9.17) is 22.7 Å². The molecule has 0 aromatic carbocycles. The minimum Gasteiger partial charge on any atom is -0.383 e. The smallest absolute Gasteiger partial charge is 0.133 e. The number of nitrogens with zero attached hydrogens (tertiary/aromatic N) is 1. The lowest BCUT2D eigenvalue weighted by Gasteiger charge is -2.30. The largest absolute Gasteiger partial charge is 0.383 e. The Morgan fingerprint density at radius 1 is 1.41 bits per heavy atom. The van der Waals surface area contributed by atoms with E-state index in [-0.39, 0.29) is 5.60 Å². The predicted octanol–water partition coefficient (Wildman–Crippen LogP) is 2.19. The zero-order valence-corrected chi connectivity index (χ0v) is 11.5. The summed E-state index contributed by atoms with van der Waals surface area (Å²) >= 11 is 6.93. The number of fused-ring (bicyclic) bond motifs is 3. The van der Waals surface area contributed by atoms with Gasteiger partial charge < -0.3 is 10.5 Å². The Hall–Kier alpha value is -0.780. The van der Waals surface area contributed by atoms with E-state index in [1.807, 2.05) is 0 Å². The second-order valence-corrected chi connectivity index (χ2v) is 6.76. The summed E-state index contributed by atoms with van der Waals surface area (Å²) < 4.78 is 5.83. The number of ether oxygens (including phenoxy) is 1. The van der Waals surface area contributed by atoms with Crippen LogP contribution in [0.2, 0.25) is 0 Å². The Kier molecular flexibility index (Phi) is 2.40. The molecular weight excluding hydrogens is 252 g/mol. The summed E-state index contributed by atoms with van der Waals surface area (Å²) in [7, 11) is 0. The van der Waals surface area contributed by atoms with Gasteiger partial charge in [0.2, 0.25) is 0 Å². The molecule has 2 N–H and O–H groups in total. The van der Waals surface area contributed by atoms with Gasteiger partial charge in [-0.25, -0.2) is 4.99 Å². The molecule has 5 heteroatoms. The molecule has 0 amide bonds. The van der Waals surface area contributed by atoms with E-state index in [2.05, 4.69) is 18.8 Å². The van der Waals surface area contributed by atoms with Crippen LogP contribution in [0.5, 0.6) is 0 Å². The highest BCUT2D eigenvalue weighted by Gasteiger charge is 2.33. The highest BCUT2D eigenvalue weighted by molar-refractivity contribution is 7.80. The zero-order valence-electron chi connectivity index (χ0n) is 9.87. The van der Waals surface area contributed by atoms with Crippen LogP contribution in [0.25, 0.3) is 0 Å². The van der Waals surface area contributed by atoms with Crippen LogP contribution in [0.4, 0.5) is 0 Å². The van der Waals surface area contributed by atoms with Crippen LogP contribution in [-0.2, 0) is 24.2 Å². The van der Waals surface area contributed by atoms with Crippen molar-refractivity contribution in [2.24, 2.45) is 10.7 Å². The van der Waals surface area contributed by atoms with Gasteiger partial charge in [-0.05, 0) is 19.4 Å². The van der Waals surface area contributed by atoms with Gasteiger partial charge in [0.05, 0.1) is 12.2 Å². The maximum atomic E-state index is 6.02. The molecule has 0 atom stereocenters. The Morgan fingerprint density at radius 2 is 2.18 bits per heavy atom. The standard InChI is InChI=1S/C12H14N2OS2/c1-12(2)4-6-8(5-15-12)17-7-3-9(16)14-11(13)10(6)7/h3-5H2,1-2H3,(H2,13,14,16). The molecule has 3 nitrogen and oxygen atoms in total. The lowest BCUT2D eigenvalue weighted by Crippen LogP contribution is -2.33. The lowest BCUT2D eigenvalue weighted by molar-refractivity contribution is -0.0383. The summed E-state index contributed by atoms with van der Waals surface area (Å²) in [6, 6.07) is 0. The van der Waals surface area contributed by atoms with Gasteiger partial charge in [0.1, 0.15) is 10.8 Å². The molecule has 3 heterocycles. The van der Waals surface area contributed by atoms with Crippen molar-refractivity contribution < 1.29 is 4.74 Å². The molecule has 0 saturated carbocycles. The van der Waals surface area contributed by atoms with Crippen LogP contribution in [0.15, 0.2) is 4.99 Å². The van der Waals surface area contributed by atoms with Crippen LogP contribution < -0.4 is 5.73 Å². The van der Waals surface area contributed by atoms with Crippen LogP contribution in [0.3, 0.4) is 0 Å². The van der Waals surface area contributed by atoms with Gasteiger partial charge in [-0.3, -0.25) is 0 Å². The summed E-state index contributed by atoms with van der Waals surface area (Å²) in [6.07, 6.45) is 1.65. The summed E-state index contributed by atoms with van der Waals surface area (Å²) in [6.45, 7) is 4.90. The van der Waals surface area contributed by atoms with Crippen LogP contribution >= 0.6 is 23.6 Å². The Balaban J connectivity index is 2.14. The van der Waals surface area contributed by atoms with E-state index >= 15 is 0 Å². The molecule has 2 aliphatic heterocycles. The van der Waals surface area contributed by atoms with Crippen molar-refractivity contribution in [2.75, 3.05) is 0 Å². The fourth-order valence-corrected chi connectivity index (χ4v) is 3.98. The number of thiocarbonyl (C=S) groups is 1. The summed E-state index contributed by atoms with van der Waals surface area (Å²) in [4.78, 5) is 7.48. The van der Waals surface area contributed by atoms with E-state index in [0.717, 1.165) is 18.4 Å². The third-order valence-corrected chi connectivity index (χ3v) is 4.61. The van der Waals surface area contributed by atoms with Gasteiger partial charge in [-0.2, -0.15) is 0 Å². The molecule has 2 aliphatic rings. The van der Waals surface area contributed by atoms with Gasteiger partial charge >= 0.3 is 0 Å². The first-order valence-corrected chi connectivity index (χ1v) is 6.83. The molecular formula is C12H14N2OS2. The maximum absolute atomic E-state index is 6.02. The van der Waals surface area contributed by atoms with Crippen molar-refractivity contribution in [3.8, 4) is 0 Å². The molecule has 1 aromatic heterocycles. The number of hydrogen-bond acceptors (Lipinski definition) is 4. The summed E-state index contributed by atoms with van der Waals surface area (Å²) in [5.74, 6) is 0.589. The number of nitrogens with two attached hydrogens (primary N) is 1. The Morgan fingerprint density at radius 3 is 2.94 bits per heavy atom. The van der Waals surface area contributed by atoms with E-state index < -0.39 is 0 Å². The molecule has 17 heavy (non-hydrogen) atoms. The number of hydrogen-bond donors (Lipinski definition) is 1. The Labute approximate surface area is 110 Å². The van der Waals surface area contributed by atoms with Gasteiger partial charge in [0, 0.05) is 28.2 Å². The van der Waals surface area contributed by atoms with Crippen LogP contribution in [-0.4, -0.2) is 16.4 Å². The van der Waals surface area contributed by atoms with Crippen LogP contribution in [0, 0.1) is 0 Å². The molecule has 1 aromatic rings. The van der Waals surface area contributed by atoms with E-state index in [1.54, 1.807) is 11.3 Å². The molecule has 0 bridgehead atoms.